The summed E-state index contributed by atoms with van der Waals surface area (Å²) in [5, 5.41) is 8.60. The Labute approximate surface area is 186 Å². The molecule has 0 bridgehead atoms. The maximum Gasteiger partial charge on any atom is 0.227 e. The molecule has 4 aromatic rings. The molecule has 7 nitrogen and oxygen atoms in total. The van der Waals surface area contributed by atoms with Crippen LogP contribution >= 0.6 is 0 Å². The molecule has 1 aliphatic heterocycles. The largest absolute Gasteiger partial charge is 0.493 e. The Morgan fingerprint density at radius 1 is 1.16 bits per heavy atom. The summed E-state index contributed by atoms with van der Waals surface area (Å²) in [6, 6.07) is 19.8. The minimum absolute atomic E-state index is 0.107. The lowest BCUT2D eigenvalue weighted by molar-refractivity contribution is -0.138. The van der Waals surface area contributed by atoms with E-state index in [-0.39, 0.29) is 12.0 Å². The van der Waals surface area contributed by atoms with E-state index in [4.69, 9.17) is 9.47 Å². The normalized spacial score (nSPS) is 16.4. The first-order valence-electron chi connectivity index (χ1n) is 10.9. The topological polar surface area (TPSA) is 83.2 Å². The Bertz CT molecular complexity index is 1180. The summed E-state index contributed by atoms with van der Waals surface area (Å²) in [5.41, 5.74) is 3.88. The van der Waals surface area contributed by atoms with E-state index in [0.29, 0.717) is 32.7 Å². The molecule has 1 saturated heterocycles. The van der Waals surface area contributed by atoms with Crippen LogP contribution in [0.3, 0.4) is 0 Å². The SMILES string of the molecule is O=C(Cc1c[nH]c2ccccc12)N1CCO[C@@H](c2cc(CCOc3ccccc3)[nH]n2)C1. The fraction of sp³-hybridized carbons (Fsp3) is 0.280. The zero-order valence-electron chi connectivity index (χ0n) is 17.8. The highest BCUT2D eigenvalue weighted by Crippen LogP contribution is 2.23. The van der Waals surface area contributed by atoms with Crippen LogP contribution in [-0.4, -0.2) is 52.3 Å². The summed E-state index contributed by atoms with van der Waals surface area (Å²) in [6.45, 7) is 2.17. The van der Waals surface area contributed by atoms with E-state index in [0.717, 1.165) is 40.0 Å². The molecule has 0 aliphatic carbocycles. The zero-order chi connectivity index (χ0) is 21.8. The molecule has 0 spiro atoms. The van der Waals surface area contributed by atoms with Crippen LogP contribution in [0.2, 0.25) is 0 Å². The number of carbonyl (C=O) groups is 1. The number of para-hydroxylation sites is 2. The Morgan fingerprint density at radius 3 is 2.91 bits per heavy atom. The van der Waals surface area contributed by atoms with Gasteiger partial charge in [-0.05, 0) is 29.8 Å². The number of rotatable bonds is 7. The number of benzene rings is 2. The van der Waals surface area contributed by atoms with Crippen LogP contribution < -0.4 is 4.74 Å². The van der Waals surface area contributed by atoms with E-state index < -0.39 is 0 Å². The van der Waals surface area contributed by atoms with Crippen molar-refractivity contribution >= 4 is 16.8 Å². The van der Waals surface area contributed by atoms with Crippen LogP contribution in [-0.2, 0) is 22.4 Å². The van der Waals surface area contributed by atoms with E-state index in [1.165, 1.54) is 0 Å². The summed E-state index contributed by atoms with van der Waals surface area (Å²) >= 11 is 0. The molecule has 164 valence electrons. The lowest BCUT2D eigenvalue weighted by Crippen LogP contribution is -2.43. The van der Waals surface area contributed by atoms with Crippen molar-refractivity contribution in [1.29, 1.82) is 0 Å². The second-order valence-corrected chi connectivity index (χ2v) is 7.97. The third kappa shape index (κ3) is 4.53. The van der Waals surface area contributed by atoms with Gasteiger partial charge in [0.25, 0.3) is 0 Å². The molecule has 1 aliphatic rings. The molecule has 7 heteroatoms. The molecular weight excluding hydrogens is 404 g/mol. The van der Waals surface area contributed by atoms with Crippen molar-refractivity contribution in [3.8, 4) is 5.75 Å². The third-order valence-electron chi connectivity index (χ3n) is 5.80. The average Bonchev–Trinajstić information content (AvgIpc) is 3.48. The lowest BCUT2D eigenvalue weighted by Gasteiger charge is -2.32. The first-order valence-corrected chi connectivity index (χ1v) is 10.9. The smallest absolute Gasteiger partial charge is 0.227 e. The second kappa shape index (κ2) is 9.28. The molecule has 1 amide bonds. The van der Waals surface area contributed by atoms with Crippen LogP contribution in [0.15, 0.2) is 66.9 Å². The van der Waals surface area contributed by atoms with Crippen LogP contribution in [0.25, 0.3) is 10.9 Å². The maximum atomic E-state index is 13.0. The van der Waals surface area contributed by atoms with E-state index in [1.807, 2.05) is 71.8 Å². The number of nitrogens with zero attached hydrogens (tertiary/aromatic N) is 2. The molecule has 1 fully saturated rings. The van der Waals surface area contributed by atoms with Crippen LogP contribution in [0.4, 0.5) is 0 Å². The van der Waals surface area contributed by atoms with Gasteiger partial charge in [-0.2, -0.15) is 5.10 Å². The number of hydrogen-bond donors (Lipinski definition) is 2. The van der Waals surface area contributed by atoms with Gasteiger partial charge in [-0.3, -0.25) is 9.89 Å². The molecule has 0 saturated carbocycles. The standard InChI is InChI=1S/C25H26N4O3/c30-25(14-18-16-26-22-9-5-4-8-21(18)22)29-11-13-32-24(17-29)23-15-19(27-28-23)10-12-31-20-6-2-1-3-7-20/h1-9,15-16,24,26H,10-14,17H2,(H,27,28)/t24-/m1/s1. The molecule has 32 heavy (non-hydrogen) atoms. The third-order valence-corrected chi connectivity index (χ3v) is 5.80. The monoisotopic (exact) mass is 430 g/mol. The number of morpholine rings is 1. The number of nitrogens with one attached hydrogen (secondary N) is 2. The number of fused-ring (bicyclic) bond motifs is 1. The van der Waals surface area contributed by atoms with Crippen LogP contribution in [0, 0.1) is 0 Å². The summed E-state index contributed by atoms with van der Waals surface area (Å²) in [6.07, 6.45) is 2.80. The summed E-state index contributed by atoms with van der Waals surface area (Å²) in [7, 11) is 0. The molecule has 0 unspecified atom stereocenters. The molecule has 2 aromatic carbocycles. The molecule has 0 radical (unpaired) electrons. The van der Waals surface area contributed by atoms with Crippen molar-refractivity contribution in [2.24, 2.45) is 0 Å². The average molecular weight is 431 g/mol. The highest BCUT2D eigenvalue weighted by molar-refractivity contribution is 5.88. The highest BCUT2D eigenvalue weighted by Gasteiger charge is 2.27. The molecule has 2 aromatic heterocycles. The van der Waals surface area contributed by atoms with Gasteiger partial charge in [0, 0.05) is 35.8 Å². The number of H-pyrrole nitrogens is 2. The van der Waals surface area contributed by atoms with Crippen molar-refractivity contribution in [2.75, 3.05) is 26.3 Å². The molecule has 2 N–H and O–H groups in total. The Balaban J connectivity index is 1.17. The minimum Gasteiger partial charge on any atom is -0.493 e. The van der Waals surface area contributed by atoms with E-state index >= 15 is 0 Å². The Hall–Kier alpha value is -3.58. The van der Waals surface area contributed by atoms with Gasteiger partial charge in [0.1, 0.15) is 11.9 Å². The minimum atomic E-state index is -0.226. The first-order chi connectivity index (χ1) is 15.8. The van der Waals surface area contributed by atoms with E-state index in [9.17, 15) is 4.79 Å². The number of carbonyl (C=O) groups excluding carboxylic acids is 1. The van der Waals surface area contributed by atoms with Gasteiger partial charge < -0.3 is 19.4 Å². The van der Waals surface area contributed by atoms with Crippen LogP contribution in [0.1, 0.15) is 23.1 Å². The zero-order valence-corrected chi connectivity index (χ0v) is 17.8. The quantitative estimate of drug-likeness (QED) is 0.469. The van der Waals surface area contributed by atoms with Gasteiger partial charge in [-0.1, -0.05) is 36.4 Å². The van der Waals surface area contributed by atoms with Crippen molar-refractivity contribution in [3.05, 3.63) is 83.8 Å². The van der Waals surface area contributed by atoms with Crippen molar-refractivity contribution < 1.29 is 14.3 Å². The predicted molar refractivity (Wildman–Crippen MR) is 122 cm³/mol. The van der Waals surface area contributed by atoms with Gasteiger partial charge in [0.2, 0.25) is 5.91 Å². The lowest BCUT2D eigenvalue weighted by atomic mass is 10.1. The fourth-order valence-electron chi connectivity index (χ4n) is 4.08. The summed E-state index contributed by atoms with van der Waals surface area (Å²) < 4.78 is 11.7. The summed E-state index contributed by atoms with van der Waals surface area (Å²) in [4.78, 5) is 18.1. The van der Waals surface area contributed by atoms with E-state index in [1.54, 1.807) is 0 Å². The molecule has 1 atom stereocenters. The Morgan fingerprint density at radius 2 is 2.00 bits per heavy atom. The maximum absolute atomic E-state index is 13.0. The van der Waals surface area contributed by atoms with Gasteiger partial charge >= 0.3 is 0 Å². The second-order valence-electron chi connectivity index (χ2n) is 7.97. The number of aromatic amines is 2. The van der Waals surface area contributed by atoms with Gasteiger partial charge in [0.05, 0.1) is 31.9 Å². The highest BCUT2D eigenvalue weighted by atomic mass is 16.5. The predicted octanol–water partition coefficient (Wildman–Crippen LogP) is 3.66. The Kier molecular flexibility index (Phi) is 5.89. The molecule has 5 rings (SSSR count). The fourth-order valence-corrected chi connectivity index (χ4v) is 4.08. The van der Waals surface area contributed by atoms with Crippen LogP contribution in [0.5, 0.6) is 5.75 Å². The van der Waals surface area contributed by atoms with Crippen molar-refractivity contribution in [2.45, 2.75) is 18.9 Å². The summed E-state index contributed by atoms with van der Waals surface area (Å²) in [5.74, 6) is 0.960. The first kappa shape index (κ1) is 20.3. The number of ether oxygens (including phenoxy) is 2. The number of aromatic nitrogens is 3. The van der Waals surface area contributed by atoms with Gasteiger partial charge in [-0.15, -0.1) is 0 Å². The van der Waals surface area contributed by atoms with E-state index in [2.05, 4.69) is 15.2 Å². The van der Waals surface area contributed by atoms with Crippen molar-refractivity contribution in [3.63, 3.8) is 0 Å². The number of amides is 1. The number of hydrogen-bond acceptors (Lipinski definition) is 4. The molecule has 3 heterocycles. The molecular formula is C25H26N4O3. The van der Waals surface area contributed by atoms with Gasteiger partial charge in [0.15, 0.2) is 0 Å². The van der Waals surface area contributed by atoms with Crippen molar-refractivity contribution in [1.82, 2.24) is 20.1 Å². The van der Waals surface area contributed by atoms with Gasteiger partial charge in [-0.25, -0.2) is 0 Å².